The van der Waals surface area contributed by atoms with Crippen molar-refractivity contribution >= 4 is 46.6 Å². The molecule has 0 unspecified atom stereocenters. The third-order valence-corrected chi connectivity index (χ3v) is 5.78. The molecule has 0 atom stereocenters. The van der Waals surface area contributed by atoms with Crippen molar-refractivity contribution in [3.63, 3.8) is 0 Å². The molecule has 10 nitrogen and oxygen atoms in total. The van der Waals surface area contributed by atoms with Gasteiger partial charge in [0.15, 0.2) is 5.57 Å². The van der Waals surface area contributed by atoms with Gasteiger partial charge in [0, 0.05) is 18.2 Å². The van der Waals surface area contributed by atoms with Crippen LogP contribution in [0.2, 0.25) is 0 Å². The van der Waals surface area contributed by atoms with Gasteiger partial charge in [-0.2, -0.15) is 5.26 Å². The van der Waals surface area contributed by atoms with Crippen molar-refractivity contribution in [2.45, 2.75) is 53.6 Å². The first-order valence-electron chi connectivity index (χ1n) is 10.7. The summed E-state index contributed by atoms with van der Waals surface area (Å²) >= 11 is 0.995. The number of aliphatic hydroxyl groups excluding tert-OH is 1. The maximum atomic E-state index is 12.9. The number of anilines is 2. The summed E-state index contributed by atoms with van der Waals surface area (Å²) in [7, 11) is 0. The summed E-state index contributed by atoms with van der Waals surface area (Å²) in [4.78, 5) is 42.1. The summed E-state index contributed by atoms with van der Waals surface area (Å²) in [6.45, 7) is 10.3. The first-order chi connectivity index (χ1) is 15.8. The number of nitriles is 1. The van der Waals surface area contributed by atoms with E-state index in [4.69, 9.17) is 0 Å². The zero-order valence-electron chi connectivity index (χ0n) is 20.1. The quantitative estimate of drug-likeness (QED) is 0.450. The van der Waals surface area contributed by atoms with Crippen LogP contribution in [-0.2, 0) is 16.1 Å². The minimum atomic E-state index is -0.927. The number of carbonyl (C=O) groups is 2. The number of thiazole rings is 1. The van der Waals surface area contributed by atoms with Crippen molar-refractivity contribution < 1.29 is 14.7 Å². The van der Waals surface area contributed by atoms with E-state index in [1.165, 1.54) is 10.8 Å². The van der Waals surface area contributed by atoms with Gasteiger partial charge in [-0.3, -0.25) is 19.0 Å². The molecule has 0 bridgehead atoms. The lowest BCUT2D eigenvalue weighted by atomic mass is 9.96. The number of carbonyl (C=O) groups excluding carboxylic acids is 2. The highest BCUT2D eigenvalue weighted by Crippen LogP contribution is 2.17. The molecule has 0 aliphatic carbocycles. The molecule has 2 aromatic heterocycles. The SMILES string of the molecule is CCn1c(=O)c(=CNc2cccc(NC(=O)C(C)(C)C)n2)s/c1=C(/C#N)C(=O)NC(C)(C)CO. The number of hydrogen-bond donors (Lipinski definition) is 4. The van der Waals surface area contributed by atoms with Crippen LogP contribution in [0.4, 0.5) is 11.6 Å². The van der Waals surface area contributed by atoms with Crippen molar-refractivity contribution in [2.24, 2.45) is 5.41 Å². The number of pyridine rings is 1. The first-order valence-corrected chi connectivity index (χ1v) is 11.5. The number of aromatic nitrogens is 2. The van der Waals surface area contributed by atoms with E-state index in [9.17, 15) is 24.8 Å². The molecule has 0 fully saturated rings. The normalized spacial score (nSPS) is 13.2. The molecule has 2 rings (SSSR count). The number of hydrogen-bond acceptors (Lipinski definition) is 8. The Bertz CT molecular complexity index is 1290. The molecule has 0 aliphatic heterocycles. The van der Waals surface area contributed by atoms with Gasteiger partial charge < -0.3 is 21.1 Å². The average molecular weight is 487 g/mol. The second kappa shape index (κ2) is 10.6. The molecule has 4 N–H and O–H groups in total. The molecule has 182 valence electrons. The van der Waals surface area contributed by atoms with E-state index in [0.29, 0.717) is 11.6 Å². The summed E-state index contributed by atoms with van der Waals surface area (Å²) in [5.41, 5.74) is -2.09. The predicted octanol–water partition coefficient (Wildman–Crippen LogP) is 0.721. The van der Waals surface area contributed by atoms with E-state index in [-0.39, 0.29) is 39.4 Å². The Kier molecular flexibility index (Phi) is 8.36. The first kappa shape index (κ1) is 26.8. The molecule has 0 aromatic carbocycles. The highest BCUT2D eigenvalue weighted by Gasteiger charge is 2.24. The molecule has 34 heavy (non-hydrogen) atoms. The zero-order valence-corrected chi connectivity index (χ0v) is 21.0. The number of amides is 2. The summed E-state index contributed by atoms with van der Waals surface area (Å²) in [6.07, 6.45) is 1.45. The Hall–Kier alpha value is -3.49. The number of nitrogens with one attached hydrogen (secondary N) is 3. The Morgan fingerprint density at radius 1 is 1.24 bits per heavy atom. The summed E-state index contributed by atoms with van der Waals surface area (Å²) in [5, 5.41) is 27.3. The lowest BCUT2D eigenvalue weighted by Crippen LogP contribution is -2.47. The number of aliphatic hydroxyl groups is 1. The molecule has 0 aliphatic rings. The Labute approximate surface area is 201 Å². The Morgan fingerprint density at radius 2 is 1.88 bits per heavy atom. The van der Waals surface area contributed by atoms with Crippen molar-refractivity contribution in [1.29, 1.82) is 5.26 Å². The van der Waals surface area contributed by atoms with Gasteiger partial charge in [-0.25, -0.2) is 4.98 Å². The lowest BCUT2D eigenvalue weighted by molar-refractivity contribution is -0.123. The number of nitrogens with zero attached hydrogens (tertiary/aromatic N) is 3. The molecule has 0 saturated heterocycles. The van der Waals surface area contributed by atoms with Gasteiger partial charge in [0.1, 0.15) is 26.9 Å². The molecule has 2 aromatic rings. The van der Waals surface area contributed by atoms with E-state index in [1.54, 1.807) is 59.7 Å². The lowest BCUT2D eigenvalue weighted by Gasteiger charge is -2.22. The topological polar surface area (TPSA) is 149 Å². The Morgan fingerprint density at radius 3 is 2.44 bits per heavy atom. The van der Waals surface area contributed by atoms with E-state index in [1.807, 2.05) is 6.07 Å². The third kappa shape index (κ3) is 6.52. The van der Waals surface area contributed by atoms with Crippen LogP contribution in [0.3, 0.4) is 0 Å². The number of rotatable bonds is 7. The van der Waals surface area contributed by atoms with Crippen LogP contribution in [0.15, 0.2) is 23.0 Å². The Balaban J connectivity index is 2.45. The molecule has 0 spiro atoms. The van der Waals surface area contributed by atoms with E-state index >= 15 is 0 Å². The van der Waals surface area contributed by atoms with Crippen molar-refractivity contribution in [3.8, 4) is 6.07 Å². The zero-order chi connectivity index (χ0) is 25.7. The molecule has 0 saturated carbocycles. The van der Waals surface area contributed by atoms with Gasteiger partial charge in [0.2, 0.25) is 5.91 Å². The molecule has 11 heteroatoms. The maximum Gasteiger partial charge on any atom is 0.270 e. The van der Waals surface area contributed by atoms with Gasteiger partial charge in [0.25, 0.3) is 11.5 Å². The minimum Gasteiger partial charge on any atom is -0.394 e. The summed E-state index contributed by atoms with van der Waals surface area (Å²) in [5.74, 6) is -0.0963. The van der Waals surface area contributed by atoms with E-state index in [0.717, 1.165) is 11.3 Å². The van der Waals surface area contributed by atoms with E-state index in [2.05, 4.69) is 20.9 Å². The summed E-state index contributed by atoms with van der Waals surface area (Å²) < 4.78 is 1.83. The van der Waals surface area contributed by atoms with Gasteiger partial charge >= 0.3 is 0 Å². The molecule has 2 heterocycles. The highest BCUT2D eigenvalue weighted by atomic mass is 32.1. The second-order valence-electron chi connectivity index (χ2n) is 9.20. The van der Waals surface area contributed by atoms with Crippen LogP contribution in [0.5, 0.6) is 0 Å². The largest absolute Gasteiger partial charge is 0.394 e. The molecular weight excluding hydrogens is 456 g/mol. The van der Waals surface area contributed by atoms with Crippen molar-refractivity contribution in [3.05, 3.63) is 37.7 Å². The highest BCUT2D eigenvalue weighted by molar-refractivity contribution is 7.07. The standard InChI is InChI=1S/C23H30N6O4S/c1-7-29-19(32)15(34-20(29)14(11-24)18(31)28-23(5,6)13-30)12-25-16-9-8-10-17(26-16)27-21(33)22(2,3)4/h8-10,12,30H,7,13H2,1-6H3,(H,28,31)(H2,25,26,27,33)/b15-12?,20-14-. The van der Waals surface area contributed by atoms with Crippen LogP contribution >= 0.6 is 11.3 Å². The van der Waals surface area contributed by atoms with Crippen LogP contribution in [0, 0.1) is 16.7 Å². The van der Waals surface area contributed by atoms with Crippen LogP contribution in [0.1, 0.15) is 41.5 Å². The predicted molar refractivity (Wildman–Crippen MR) is 132 cm³/mol. The van der Waals surface area contributed by atoms with Crippen LogP contribution in [0.25, 0.3) is 11.8 Å². The summed E-state index contributed by atoms with van der Waals surface area (Å²) in [6, 6.07) is 6.92. The van der Waals surface area contributed by atoms with Gasteiger partial charge in [0.05, 0.1) is 12.1 Å². The monoisotopic (exact) mass is 486 g/mol. The molecule has 0 radical (unpaired) electrons. The van der Waals surface area contributed by atoms with Crippen LogP contribution < -0.4 is 30.7 Å². The smallest absolute Gasteiger partial charge is 0.270 e. The molecule has 2 amide bonds. The fourth-order valence-corrected chi connectivity index (χ4v) is 3.71. The van der Waals surface area contributed by atoms with Crippen molar-refractivity contribution in [2.75, 3.05) is 17.2 Å². The third-order valence-electron chi connectivity index (χ3n) is 4.65. The minimum absolute atomic E-state index is 0.183. The van der Waals surface area contributed by atoms with Gasteiger partial charge in [-0.1, -0.05) is 26.8 Å². The van der Waals surface area contributed by atoms with Gasteiger partial charge in [-0.15, -0.1) is 11.3 Å². The van der Waals surface area contributed by atoms with Gasteiger partial charge in [-0.05, 0) is 32.9 Å². The second-order valence-corrected chi connectivity index (χ2v) is 10.2. The van der Waals surface area contributed by atoms with Crippen molar-refractivity contribution in [1.82, 2.24) is 14.9 Å². The fourth-order valence-electron chi connectivity index (χ4n) is 2.63. The van der Waals surface area contributed by atoms with E-state index < -0.39 is 16.9 Å². The average Bonchev–Trinajstić information content (AvgIpc) is 3.07. The molecular formula is C23H30N6O4S. The van der Waals surface area contributed by atoms with Crippen LogP contribution in [-0.4, -0.2) is 38.6 Å². The maximum absolute atomic E-state index is 12.9. The fraction of sp³-hybridized carbons (Fsp3) is 0.435.